The number of carbonyl (C=O) groups excluding carboxylic acids is 1. The molecule has 0 bridgehead atoms. The molecule has 5 heteroatoms. The third kappa shape index (κ3) is 4.38. The minimum Gasteiger partial charge on any atom is -0.348 e. The molecule has 1 heterocycles. The van der Waals surface area contributed by atoms with Gasteiger partial charge in [0, 0.05) is 22.6 Å². The highest BCUT2D eigenvalue weighted by molar-refractivity contribution is 7.98. The Morgan fingerprint density at radius 1 is 1.00 bits per heavy atom. The summed E-state index contributed by atoms with van der Waals surface area (Å²) < 4.78 is 0. The van der Waals surface area contributed by atoms with Gasteiger partial charge in [-0.1, -0.05) is 48.5 Å². The molecule has 0 aliphatic heterocycles. The number of benzene rings is 3. The highest BCUT2D eigenvalue weighted by Crippen LogP contribution is 2.26. The summed E-state index contributed by atoms with van der Waals surface area (Å²) >= 11 is 3.23. The molecular formula is C22H18N2OS2. The first kappa shape index (κ1) is 17.8. The zero-order valence-electron chi connectivity index (χ0n) is 14.6. The van der Waals surface area contributed by atoms with Crippen LogP contribution < -0.4 is 5.32 Å². The molecule has 0 unspecified atom stereocenters. The summed E-state index contributed by atoms with van der Waals surface area (Å²) in [6.07, 6.45) is 0. The highest BCUT2D eigenvalue weighted by Gasteiger charge is 2.11. The molecule has 0 radical (unpaired) electrons. The van der Waals surface area contributed by atoms with Gasteiger partial charge in [-0.05, 0) is 34.5 Å². The van der Waals surface area contributed by atoms with E-state index in [4.69, 9.17) is 0 Å². The number of rotatable bonds is 6. The molecule has 134 valence electrons. The van der Waals surface area contributed by atoms with Crippen molar-refractivity contribution in [3.8, 4) is 0 Å². The predicted molar refractivity (Wildman–Crippen MR) is 113 cm³/mol. The molecule has 0 atom stereocenters. The van der Waals surface area contributed by atoms with Crippen LogP contribution in [0.5, 0.6) is 0 Å². The molecule has 0 fully saturated rings. The van der Waals surface area contributed by atoms with Gasteiger partial charge in [0.05, 0.1) is 16.8 Å². The molecule has 3 nitrogen and oxygen atoms in total. The van der Waals surface area contributed by atoms with Crippen molar-refractivity contribution in [2.24, 2.45) is 0 Å². The third-order valence-corrected chi connectivity index (χ3v) is 6.00. The Balaban J connectivity index is 1.44. The fourth-order valence-corrected chi connectivity index (χ4v) is 4.48. The number of hydrogen-bond donors (Lipinski definition) is 1. The van der Waals surface area contributed by atoms with E-state index in [-0.39, 0.29) is 5.91 Å². The van der Waals surface area contributed by atoms with Crippen LogP contribution in [0.3, 0.4) is 0 Å². The molecule has 3 aromatic carbocycles. The number of thioether (sulfide) groups is 1. The second kappa shape index (κ2) is 8.37. The van der Waals surface area contributed by atoms with Crippen LogP contribution in [0, 0.1) is 0 Å². The van der Waals surface area contributed by atoms with Crippen molar-refractivity contribution in [2.75, 3.05) is 0 Å². The molecule has 1 amide bonds. The number of amides is 1. The van der Waals surface area contributed by atoms with Gasteiger partial charge in [-0.15, -0.1) is 23.1 Å². The van der Waals surface area contributed by atoms with E-state index in [2.05, 4.69) is 40.6 Å². The first-order chi connectivity index (χ1) is 13.3. The Morgan fingerprint density at radius 3 is 2.67 bits per heavy atom. The van der Waals surface area contributed by atoms with E-state index >= 15 is 0 Å². The highest BCUT2D eigenvalue weighted by atomic mass is 32.2. The zero-order chi connectivity index (χ0) is 18.5. The summed E-state index contributed by atoms with van der Waals surface area (Å²) in [6, 6.07) is 22.2. The van der Waals surface area contributed by atoms with E-state index in [1.807, 2.05) is 47.3 Å². The van der Waals surface area contributed by atoms with Crippen LogP contribution in [0.1, 0.15) is 21.6 Å². The van der Waals surface area contributed by atoms with Crippen molar-refractivity contribution in [3.05, 3.63) is 94.4 Å². The molecule has 0 aliphatic rings. The van der Waals surface area contributed by atoms with Crippen molar-refractivity contribution in [3.63, 3.8) is 0 Å². The molecule has 4 aromatic rings. The molecule has 1 aromatic heterocycles. The van der Waals surface area contributed by atoms with E-state index in [9.17, 15) is 4.79 Å². The van der Waals surface area contributed by atoms with Crippen molar-refractivity contribution in [1.29, 1.82) is 0 Å². The topological polar surface area (TPSA) is 42.0 Å². The van der Waals surface area contributed by atoms with Crippen LogP contribution in [0.4, 0.5) is 0 Å². The van der Waals surface area contributed by atoms with Gasteiger partial charge in [0.25, 0.3) is 5.91 Å². The lowest BCUT2D eigenvalue weighted by molar-refractivity contribution is 0.0948. The number of hydrogen-bond acceptors (Lipinski definition) is 4. The maximum Gasteiger partial charge on any atom is 0.252 e. The van der Waals surface area contributed by atoms with Gasteiger partial charge < -0.3 is 5.32 Å². The van der Waals surface area contributed by atoms with Gasteiger partial charge in [0.2, 0.25) is 0 Å². The minimum atomic E-state index is -0.0514. The second-order valence-electron chi connectivity index (χ2n) is 6.13. The molecule has 1 N–H and O–H groups in total. The van der Waals surface area contributed by atoms with Gasteiger partial charge in [-0.2, -0.15) is 0 Å². The Labute approximate surface area is 166 Å². The van der Waals surface area contributed by atoms with E-state index in [1.54, 1.807) is 23.1 Å². The van der Waals surface area contributed by atoms with E-state index in [1.165, 1.54) is 10.8 Å². The van der Waals surface area contributed by atoms with Crippen LogP contribution in [0.25, 0.3) is 10.8 Å². The summed E-state index contributed by atoms with van der Waals surface area (Å²) in [7, 11) is 0. The average Bonchev–Trinajstić information content (AvgIpc) is 3.24. The molecule has 0 spiro atoms. The molecule has 0 aliphatic carbocycles. The van der Waals surface area contributed by atoms with Gasteiger partial charge in [-0.3, -0.25) is 4.79 Å². The Bertz CT molecular complexity index is 1060. The van der Waals surface area contributed by atoms with Gasteiger partial charge in [0.1, 0.15) is 0 Å². The van der Waals surface area contributed by atoms with Crippen molar-refractivity contribution < 1.29 is 4.79 Å². The van der Waals surface area contributed by atoms with Crippen molar-refractivity contribution >= 4 is 39.8 Å². The first-order valence-corrected chi connectivity index (χ1v) is 10.6. The van der Waals surface area contributed by atoms with Crippen LogP contribution in [0.15, 0.2) is 82.5 Å². The quantitative estimate of drug-likeness (QED) is 0.441. The maximum atomic E-state index is 12.7. The van der Waals surface area contributed by atoms with Crippen LogP contribution in [0.2, 0.25) is 0 Å². The Morgan fingerprint density at radius 2 is 1.81 bits per heavy atom. The fraction of sp³-hybridized carbons (Fsp3) is 0.0909. The summed E-state index contributed by atoms with van der Waals surface area (Å²) in [6.45, 7) is 0.509. The Kier molecular flexibility index (Phi) is 5.51. The number of nitrogens with zero attached hydrogens (tertiary/aromatic N) is 1. The normalized spacial score (nSPS) is 10.8. The van der Waals surface area contributed by atoms with Gasteiger partial charge >= 0.3 is 0 Å². The lowest BCUT2D eigenvalue weighted by Gasteiger charge is -2.10. The van der Waals surface area contributed by atoms with E-state index < -0.39 is 0 Å². The largest absolute Gasteiger partial charge is 0.348 e. The monoisotopic (exact) mass is 390 g/mol. The molecular weight excluding hydrogens is 372 g/mol. The number of thiazole rings is 1. The smallest absolute Gasteiger partial charge is 0.252 e. The standard InChI is InChI=1S/C22H18N2OS2/c25-22(23-12-16-9-10-17-5-1-2-6-18(17)11-16)20-7-3-4-8-21(20)27-14-19-13-26-15-24-19/h1-11,13,15H,12,14H2,(H,23,25). The lowest BCUT2D eigenvalue weighted by atomic mass is 10.1. The number of nitrogens with one attached hydrogen (secondary N) is 1. The zero-order valence-corrected chi connectivity index (χ0v) is 16.2. The SMILES string of the molecule is O=C(NCc1ccc2ccccc2c1)c1ccccc1SCc1cscn1. The first-order valence-electron chi connectivity index (χ1n) is 8.64. The predicted octanol–water partition coefficient (Wildman–Crippen LogP) is 5.52. The van der Waals surface area contributed by atoms with E-state index in [0.717, 1.165) is 21.9 Å². The maximum absolute atomic E-state index is 12.7. The minimum absolute atomic E-state index is 0.0514. The number of fused-ring (bicyclic) bond motifs is 1. The second-order valence-corrected chi connectivity index (χ2v) is 7.86. The summed E-state index contributed by atoms with van der Waals surface area (Å²) in [4.78, 5) is 18.0. The van der Waals surface area contributed by atoms with Crippen molar-refractivity contribution in [2.45, 2.75) is 17.2 Å². The summed E-state index contributed by atoms with van der Waals surface area (Å²) in [5.41, 5.74) is 4.67. The molecule has 0 saturated carbocycles. The number of carbonyl (C=O) groups is 1. The Hall–Kier alpha value is -2.63. The number of aromatic nitrogens is 1. The fourth-order valence-electron chi connectivity index (χ4n) is 2.87. The van der Waals surface area contributed by atoms with Crippen LogP contribution >= 0.6 is 23.1 Å². The van der Waals surface area contributed by atoms with Crippen LogP contribution in [-0.2, 0) is 12.3 Å². The molecule has 27 heavy (non-hydrogen) atoms. The summed E-state index contributed by atoms with van der Waals surface area (Å²) in [5.74, 6) is 0.711. The van der Waals surface area contributed by atoms with E-state index in [0.29, 0.717) is 12.1 Å². The third-order valence-electron chi connectivity index (χ3n) is 4.26. The van der Waals surface area contributed by atoms with Crippen LogP contribution in [-0.4, -0.2) is 10.9 Å². The molecule has 4 rings (SSSR count). The van der Waals surface area contributed by atoms with Crippen molar-refractivity contribution in [1.82, 2.24) is 10.3 Å². The lowest BCUT2D eigenvalue weighted by Crippen LogP contribution is -2.23. The van der Waals surface area contributed by atoms with Gasteiger partial charge in [-0.25, -0.2) is 4.98 Å². The average molecular weight is 391 g/mol. The van der Waals surface area contributed by atoms with Gasteiger partial charge in [0.15, 0.2) is 0 Å². The molecule has 0 saturated heterocycles. The summed E-state index contributed by atoms with van der Waals surface area (Å²) in [5, 5.41) is 7.47.